The Kier molecular flexibility index (Phi) is 3.05. The first-order valence-electron chi connectivity index (χ1n) is 3.68. The lowest BCUT2D eigenvalue weighted by Crippen LogP contribution is -2.38. The van der Waals surface area contributed by atoms with E-state index in [4.69, 9.17) is 11.6 Å². The van der Waals surface area contributed by atoms with Gasteiger partial charge in [0, 0.05) is 13.1 Å². The van der Waals surface area contributed by atoms with E-state index < -0.39 is 24.2 Å². The first-order chi connectivity index (χ1) is 6.43. The fraction of sp³-hybridized carbons (Fsp3) is 0.429. The molecule has 0 fully saturated rings. The molecule has 0 aliphatic heterocycles. The van der Waals surface area contributed by atoms with Gasteiger partial charge in [0.15, 0.2) is 0 Å². The topological polar surface area (TPSA) is 44.0 Å². The van der Waals surface area contributed by atoms with Crippen LogP contribution in [0.25, 0.3) is 0 Å². The highest BCUT2D eigenvalue weighted by Crippen LogP contribution is 2.04. The van der Waals surface area contributed by atoms with Crippen LogP contribution in [0.5, 0.6) is 0 Å². The van der Waals surface area contributed by atoms with Crippen LogP contribution in [0.4, 0.5) is 8.78 Å². The SMILES string of the molecule is Cn1c(=O)cc(Cl)n(CC(F)F)c1=O. The summed E-state index contributed by atoms with van der Waals surface area (Å²) in [5, 5.41) is -0.279. The zero-order chi connectivity index (χ0) is 10.9. The third-order valence-electron chi connectivity index (χ3n) is 1.67. The van der Waals surface area contributed by atoms with E-state index >= 15 is 0 Å². The van der Waals surface area contributed by atoms with Gasteiger partial charge in [0.2, 0.25) is 0 Å². The van der Waals surface area contributed by atoms with Gasteiger partial charge in [-0.2, -0.15) is 0 Å². The van der Waals surface area contributed by atoms with Crippen molar-refractivity contribution in [3.8, 4) is 0 Å². The molecule has 1 heterocycles. The minimum absolute atomic E-state index is 0.279. The van der Waals surface area contributed by atoms with Crippen molar-refractivity contribution in [2.45, 2.75) is 13.0 Å². The maximum absolute atomic E-state index is 12.0. The molecule has 0 saturated heterocycles. The molecule has 0 radical (unpaired) electrons. The van der Waals surface area contributed by atoms with E-state index in [1.807, 2.05) is 0 Å². The molecule has 0 atom stereocenters. The summed E-state index contributed by atoms with van der Waals surface area (Å²) in [6.07, 6.45) is -2.69. The zero-order valence-electron chi connectivity index (χ0n) is 7.21. The number of hydrogen-bond donors (Lipinski definition) is 0. The van der Waals surface area contributed by atoms with E-state index in [9.17, 15) is 18.4 Å². The van der Waals surface area contributed by atoms with Crippen LogP contribution in [0, 0.1) is 0 Å². The Labute approximate surface area is 82.3 Å². The highest BCUT2D eigenvalue weighted by atomic mass is 35.5. The van der Waals surface area contributed by atoms with Gasteiger partial charge in [0.05, 0.1) is 6.54 Å². The van der Waals surface area contributed by atoms with Crippen molar-refractivity contribution >= 4 is 11.6 Å². The predicted molar refractivity (Wildman–Crippen MR) is 47.0 cm³/mol. The molecule has 4 nitrogen and oxygen atoms in total. The Morgan fingerprint density at radius 3 is 2.57 bits per heavy atom. The number of hydrogen-bond acceptors (Lipinski definition) is 2. The van der Waals surface area contributed by atoms with Crippen LogP contribution < -0.4 is 11.2 Å². The highest BCUT2D eigenvalue weighted by molar-refractivity contribution is 6.29. The van der Waals surface area contributed by atoms with Crippen molar-refractivity contribution < 1.29 is 8.78 Å². The molecule has 1 aromatic rings. The van der Waals surface area contributed by atoms with Crippen molar-refractivity contribution in [2.24, 2.45) is 7.05 Å². The quantitative estimate of drug-likeness (QED) is 0.686. The van der Waals surface area contributed by atoms with Crippen LogP contribution in [0.3, 0.4) is 0 Å². The third kappa shape index (κ3) is 2.01. The summed E-state index contributed by atoms with van der Waals surface area (Å²) >= 11 is 5.47. The second kappa shape index (κ2) is 3.91. The number of rotatable bonds is 2. The van der Waals surface area contributed by atoms with Crippen molar-refractivity contribution in [2.75, 3.05) is 0 Å². The maximum atomic E-state index is 12.0. The molecule has 1 aromatic heterocycles. The molecular weight excluding hydrogens is 218 g/mol. The largest absolute Gasteiger partial charge is 0.332 e. The van der Waals surface area contributed by atoms with Gasteiger partial charge in [-0.3, -0.25) is 13.9 Å². The second-order valence-corrected chi connectivity index (χ2v) is 3.04. The summed E-state index contributed by atoms with van der Waals surface area (Å²) in [5.41, 5.74) is -1.46. The van der Waals surface area contributed by atoms with Gasteiger partial charge in [-0.1, -0.05) is 11.6 Å². The zero-order valence-corrected chi connectivity index (χ0v) is 7.96. The van der Waals surface area contributed by atoms with Crippen molar-refractivity contribution in [1.82, 2.24) is 9.13 Å². The van der Waals surface area contributed by atoms with E-state index in [-0.39, 0.29) is 5.15 Å². The fourth-order valence-corrected chi connectivity index (χ4v) is 1.18. The number of halogens is 3. The summed E-state index contributed by atoms with van der Waals surface area (Å²) in [6.45, 7) is -0.814. The molecule has 0 saturated carbocycles. The minimum Gasteiger partial charge on any atom is -0.278 e. The fourth-order valence-electron chi connectivity index (χ4n) is 0.947. The molecule has 0 amide bonds. The molecule has 0 bridgehead atoms. The van der Waals surface area contributed by atoms with Crippen LogP contribution in [0.15, 0.2) is 15.7 Å². The summed E-state index contributed by atoms with van der Waals surface area (Å²) < 4.78 is 25.4. The lowest BCUT2D eigenvalue weighted by Gasteiger charge is -2.08. The Morgan fingerprint density at radius 1 is 1.50 bits per heavy atom. The van der Waals surface area contributed by atoms with Crippen LogP contribution in [-0.2, 0) is 13.6 Å². The maximum Gasteiger partial charge on any atom is 0.332 e. The first-order valence-corrected chi connectivity index (χ1v) is 4.06. The monoisotopic (exact) mass is 224 g/mol. The van der Waals surface area contributed by atoms with Gasteiger partial charge in [-0.05, 0) is 0 Å². The third-order valence-corrected chi connectivity index (χ3v) is 1.98. The van der Waals surface area contributed by atoms with E-state index in [2.05, 4.69) is 0 Å². The van der Waals surface area contributed by atoms with Gasteiger partial charge in [-0.15, -0.1) is 0 Å². The Balaban J connectivity index is 3.37. The van der Waals surface area contributed by atoms with E-state index in [0.717, 1.165) is 6.07 Å². The molecule has 7 heteroatoms. The molecular formula is C7H7ClF2N2O2. The normalized spacial score (nSPS) is 10.9. The number of aromatic nitrogens is 2. The standard InChI is InChI=1S/C7H7ClF2N2O2/c1-11-6(13)2-4(8)12(7(11)14)3-5(9)10/h2,5H,3H2,1H3. The molecule has 0 aliphatic rings. The van der Waals surface area contributed by atoms with Gasteiger partial charge >= 0.3 is 5.69 Å². The number of alkyl halides is 2. The molecule has 78 valence electrons. The Hall–Kier alpha value is -1.17. The number of nitrogens with zero attached hydrogens (tertiary/aromatic N) is 2. The van der Waals surface area contributed by atoms with Crippen LogP contribution in [0.1, 0.15) is 0 Å². The molecule has 0 N–H and O–H groups in total. The van der Waals surface area contributed by atoms with Gasteiger partial charge < -0.3 is 0 Å². The minimum atomic E-state index is -2.69. The summed E-state index contributed by atoms with van der Waals surface area (Å²) in [7, 11) is 1.20. The van der Waals surface area contributed by atoms with E-state index in [1.165, 1.54) is 7.05 Å². The Morgan fingerprint density at radius 2 is 2.07 bits per heavy atom. The molecule has 0 unspecified atom stereocenters. The molecule has 0 aromatic carbocycles. The van der Waals surface area contributed by atoms with Crippen molar-refractivity contribution in [3.63, 3.8) is 0 Å². The smallest absolute Gasteiger partial charge is 0.278 e. The lowest BCUT2D eigenvalue weighted by atomic mass is 10.5. The van der Waals surface area contributed by atoms with Crippen LogP contribution >= 0.6 is 11.6 Å². The first kappa shape index (κ1) is 10.9. The van der Waals surface area contributed by atoms with Gasteiger partial charge in [0.1, 0.15) is 5.15 Å². The molecule has 0 spiro atoms. The summed E-state index contributed by atoms with van der Waals surface area (Å²) in [5.74, 6) is 0. The van der Waals surface area contributed by atoms with Crippen molar-refractivity contribution in [1.29, 1.82) is 0 Å². The second-order valence-electron chi connectivity index (χ2n) is 2.65. The highest BCUT2D eigenvalue weighted by Gasteiger charge is 2.11. The van der Waals surface area contributed by atoms with Gasteiger partial charge in [0.25, 0.3) is 12.0 Å². The van der Waals surface area contributed by atoms with E-state index in [0.29, 0.717) is 9.13 Å². The van der Waals surface area contributed by atoms with E-state index in [1.54, 1.807) is 0 Å². The predicted octanol–water partition coefficient (Wildman–Crippen LogP) is 0.465. The molecule has 0 aliphatic carbocycles. The van der Waals surface area contributed by atoms with Crippen molar-refractivity contribution in [3.05, 3.63) is 32.1 Å². The molecule has 1 rings (SSSR count). The van der Waals surface area contributed by atoms with Crippen LogP contribution in [0.2, 0.25) is 5.15 Å². The van der Waals surface area contributed by atoms with Gasteiger partial charge in [-0.25, -0.2) is 13.6 Å². The summed E-state index contributed by atoms with van der Waals surface area (Å²) in [6, 6.07) is 0.922. The van der Waals surface area contributed by atoms with Crippen LogP contribution in [-0.4, -0.2) is 15.6 Å². The lowest BCUT2D eigenvalue weighted by molar-refractivity contribution is 0.124. The Bertz CT molecular complexity index is 452. The average Bonchev–Trinajstić information content (AvgIpc) is 2.09. The summed E-state index contributed by atoms with van der Waals surface area (Å²) in [4.78, 5) is 22.2. The molecule has 14 heavy (non-hydrogen) atoms. The average molecular weight is 225 g/mol.